The van der Waals surface area contributed by atoms with Crippen molar-refractivity contribution in [2.45, 2.75) is 37.8 Å². The van der Waals surface area contributed by atoms with Crippen molar-refractivity contribution >= 4 is 34.7 Å². The lowest BCUT2D eigenvalue weighted by atomic mass is 9.87. The Bertz CT molecular complexity index is 1160. The van der Waals surface area contributed by atoms with Gasteiger partial charge in [0, 0.05) is 12.4 Å². The van der Waals surface area contributed by atoms with Gasteiger partial charge in [-0.2, -0.15) is 0 Å². The van der Waals surface area contributed by atoms with Gasteiger partial charge in [-0.15, -0.1) is 0 Å². The van der Waals surface area contributed by atoms with E-state index in [0.29, 0.717) is 24.3 Å². The van der Waals surface area contributed by atoms with Gasteiger partial charge in [-0.3, -0.25) is 24.0 Å². The molecule has 4 heterocycles. The molecule has 0 atom stereocenters. The summed E-state index contributed by atoms with van der Waals surface area (Å²) in [6.07, 6.45) is 10.5. The van der Waals surface area contributed by atoms with Gasteiger partial charge in [0.2, 0.25) is 0 Å². The summed E-state index contributed by atoms with van der Waals surface area (Å²) in [4.78, 5) is 41.0. The molecular weight excluding hydrogens is 404 g/mol. The number of nitrogens with zero attached hydrogens (tertiary/aromatic N) is 5. The summed E-state index contributed by atoms with van der Waals surface area (Å²) in [6.45, 7) is 0. The Labute approximate surface area is 177 Å². The van der Waals surface area contributed by atoms with E-state index in [4.69, 9.17) is 11.6 Å². The van der Waals surface area contributed by atoms with Crippen LogP contribution in [0.15, 0.2) is 54.0 Å². The number of fused-ring (bicyclic) bond motifs is 2. The fourth-order valence-electron chi connectivity index (χ4n) is 4.58. The molecule has 5 rings (SSSR count). The molecule has 0 bridgehead atoms. The standard InChI is InChI=1S/C21H19ClN6O2/c22-15-11-16(26-17-6-10-24-13-25-17)19(29)28-18(15)20(30)27(14-5-4-9-23-12-14)21(28)7-2-1-3-8-21/h4-6,9-13H,1-3,7-8H2,(H,24,25,26). The van der Waals surface area contributed by atoms with Crippen molar-refractivity contribution < 1.29 is 4.79 Å². The molecule has 1 N–H and O–H groups in total. The monoisotopic (exact) mass is 422 g/mol. The van der Waals surface area contributed by atoms with Crippen LogP contribution in [0.2, 0.25) is 5.02 Å². The van der Waals surface area contributed by atoms with Crippen molar-refractivity contribution in [3.63, 3.8) is 0 Å². The molecule has 9 heteroatoms. The van der Waals surface area contributed by atoms with Crippen molar-refractivity contribution in [3.8, 4) is 0 Å². The van der Waals surface area contributed by atoms with Crippen LogP contribution in [0.3, 0.4) is 0 Å². The predicted molar refractivity (Wildman–Crippen MR) is 113 cm³/mol. The normalized spacial score (nSPS) is 17.2. The van der Waals surface area contributed by atoms with E-state index in [2.05, 4.69) is 20.3 Å². The summed E-state index contributed by atoms with van der Waals surface area (Å²) < 4.78 is 1.59. The molecule has 3 aromatic heterocycles. The number of amides is 1. The second-order valence-electron chi connectivity index (χ2n) is 7.51. The van der Waals surface area contributed by atoms with E-state index in [1.807, 2.05) is 6.07 Å². The number of carbonyl (C=O) groups excluding carboxylic acids is 1. The molecule has 1 spiro atoms. The van der Waals surface area contributed by atoms with Gasteiger partial charge in [0.1, 0.15) is 29.2 Å². The number of hydrogen-bond donors (Lipinski definition) is 1. The van der Waals surface area contributed by atoms with E-state index in [1.165, 1.54) is 12.4 Å². The number of hydrogen-bond acceptors (Lipinski definition) is 6. The van der Waals surface area contributed by atoms with Gasteiger partial charge in [-0.05, 0) is 49.9 Å². The zero-order valence-corrected chi connectivity index (χ0v) is 16.8. The lowest BCUT2D eigenvalue weighted by Crippen LogP contribution is -2.51. The highest BCUT2D eigenvalue weighted by Crippen LogP contribution is 2.46. The lowest BCUT2D eigenvalue weighted by Gasteiger charge is -2.42. The molecule has 1 aliphatic heterocycles. The third kappa shape index (κ3) is 2.79. The highest BCUT2D eigenvalue weighted by Gasteiger charge is 2.52. The highest BCUT2D eigenvalue weighted by molar-refractivity contribution is 6.35. The summed E-state index contributed by atoms with van der Waals surface area (Å²) in [5.41, 5.74) is 0.0649. The van der Waals surface area contributed by atoms with Crippen molar-refractivity contribution in [1.82, 2.24) is 19.5 Å². The smallest absolute Gasteiger partial charge is 0.278 e. The Hall–Kier alpha value is -3.26. The van der Waals surface area contributed by atoms with Crippen molar-refractivity contribution in [3.05, 3.63) is 70.3 Å². The quantitative estimate of drug-likeness (QED) is 0.691. The summed E-state index contributed by atoms with van der Waals surface area (Å²) in [6, 6.07) is 6.79. The fraction of sp³-hybridized carbons (Fsp3) is 0.286. The maximum absolute atomic E-state index is 13.6. The van der Waals surface area contributed by atoms with Crippen LogP contribution in [0.5, 0.6) is 0 Å². The number of halogens is 1. The fourth-order valence-corrected chi connectivity index (χ4v) is 4.85. The Morgan fingerprint density at radius 1 is 1.07 bits per heavy atom. The van der Waals surface area contributed by atoms with Gasteiger partial charge in [0.15, 0.2) is 0 Å². The molecule has 1 fully saturated rings. The van der Waals surface area contributed by atoms with Gasteiger partial charge in [-0.1, -0.05) is 18.0 Å². The summed E-state index contributed by atoms with van der Waals surface area (Å²) in [7, 11) is 0. The maximum Gasteiger partial charge on any atom is 0.278 e. The van der Waals surface area contributed by atoms with Crippen LogP contribution in [0.1, 0.15) is 42.6 Å². The van der Waals surface area contributed by atoms with E-state index in [-0.39, 0.29) is 27.9 Å². The zero-order valence-electron chi connectivity index (χ0n) is 16.1. The molecule has 1 amide bonds. The maximum atomic E-state index is 13.6. The minimum atomic E-state index is -0.794. The molecule has 0 radical (unpaired) electrons. The van der Waals surface area contributed by atoms with Crippen LogP contribution in [0, 0.1) is 0 Å². The molecule has 0 unspecified atom stereocenters. The summed E-state index contributed by atoms with van der Waals surface area (Å²) >= 11 is 6.57. The number of carbonyl (C=O) groups is 1. The number of pyridine rings is 2. The van der Waals surface area contributed by atoms with Gasteiger partial charge in [-0.25, -0.2) is 9.97 Å². The third-order valence-corrected chi connectivity index (χ3v) is 6.08. The molecule has 2 aliphatic rings. The molecule has 3 aromatic rings. The molecule has 152 valence electrons. The average Bonchev–Trinajstić information content (AvgIpc) is 3.02. The Balaban J connectivity index is 1.71. The van der Waals surface area contributed by atoms with E-state index >= 15 is 0 Å². The molecule has 8 nitrogen and oxygen atoms in total. The first kappa shape index (κ1) is 18.7. The van der Waals surface area contributed by atoms with Crippen LogP contribution in [-0.2, 0) is 5.66 Å². The van der Waals surface area contributed by atoms with Crippen LogP contribution in [-0.4, -0.2) is 25.4 Å². The van der Waals surface area contributed by atoms with Gasteiger partial charge in [0.05, 0.1) is 16.9 Å². The number of nitrogens with one attached hydrogen (secondary N) is 1. The highest BCUT2D eigenvalue weighted by atomic mass is 35.5. The molecule has 1 saturated carbocycles. The first-order chi connectivity index (χ1) is 14.6. The molecular formula is C21H19ClN6O2. The second kappa shape index (κ2) is 7.21. The van der Waals surface area contributed by atoms with E-state index < -0.39 is 5.66 Å². The molecule has 1 aliphatic carbocycles. The SMILES string of the molecule is O=C1c2c(Cl)cc(Nc3ccncn3)c(=O)n2C2(CCCCC2)N1c1cccnc1. The Kier molecular flexibility index (Phi) is 4.51. The van der Waals surface area contributed by atoms with Gasteiger partial charge < -0.3 is 5.32 Å². The minimum absolute atomic E-state index is 0.223. The minimum Gasteiger partial charge on any atom is -0.336 e. The first-order valence-corrected chi connectivity index (χ1v) is 10.2. The number of rotatable bonds is 3. The molecule has 0 aromatic carbocycles. The van der Waals surface area contributed by atoms with Crippen LogP contribution in [0.4, 0.5) is 17.2 Å². The van der Waals surface area contributed by atoms with Gasteiger partial charge in [0.25, 0.3) is 11.5 Å². The Morgan fingerprint density at radius 2 is 1.90 bits per heavy atom. The van der Waals surface area contributed by atoms with E-state index in [0.717, 1.165) is 19.3 Å². The van der Waals surface area contributed by atoms with Crippen molar-refractivity contribution in [2.75, 3.05) is 10.2 Å². The molecule has 0 saturated heterocycles. The first-order valence-electron chi connectivity index (χ1n) is 9.85. The average molecular weight is 423 g/mol. The van der Waals surface area contributed by atoms with Crippen molar-refractivity contribution in [2.24, 2.45) is 0 Å². The predicted octanol–water partition coefficient (Wildman–Crippen LogP) is 3.71. The third-order valence-electron chi connectivity index (χ3n) is 5.80. The van der Waals surface area contributed by atoms with E-state index in [9.17, 15) is 9.59 Å². The number of aromatic nitrogens is 4. The Morgan fingerprint density at radius 3 is 2.60 bits per heavy atom. The largest absolute Gasteiger partial charge is 0.336 e. The van der Waals surface area contributed by atoms with Crippen LogP contribution >= 0.6 is 11.6 Å². The van der Waals surface area contributed by atoms with E-state index in [1.54, 1.807) is 40.2 Å². The van der Waals surface area contributed by atoms with Crippen molar-refractivity contribution in [1.29, 1.82) is 0 Å². The second-order valence-corrected chi connectivity index (χ2v) is 7.92. The van der Waals surface area contributed by atoms with Crippen LogP contribution < -0.4 is 15.8 Å². The van der Waals surface area contributed by atoms with Crippen LogP contribution in [0.25, 0.3) is 0 Å². The number of anilines is 3. The summed E-state index contributed by atoms with van der Waals surface area (Å²) in [5.74, 6) is 0.199. The topological polar surface area (TPSA) is 93.0 Å². The molecule has 30 heavy (non-hydrogen) atoms. The lowest BCUT2D eigenvalue weighted by molar-refractivity contribution is 0.0955. The van der Waals surface area contributed by atoms with Gasteiger partial charge >= 0.3 is 0 Å². The zero-order chi connectivity index (χ0) is 20.7. The summed E-state index contributed by atoms with van der Waals surface area (Å²) in [5, 5.41) is 3.25.